The molecule has 8 heteroatoms. The predicted octanol–water partition coefficient (Wildman–Crippen LogP) is 2.09. The Morgan fingerprint density at radius 3 is 2.45 bits per heavy atom. The molecule has 1 aromatic heterocycles. The molecule has 0 aliphatic carbocycles. The highest BCUT2D eigenvalue weighted by Gasteiger charge is 2.24. The summed E-state index contributed by atoms with van der Waals surface area (Å²) in [6, 6.07) is 0.606. The molecule has 0 radical (unpaired) electrons. The Hall–Kier alpha value is -1.47. The highest BCUT2D eigenvalue weighted by molar-refractivity contribution is 5.85. The van der Waals surface area contributed by atoms with Gasteiger partial charge < -0.3 is 10.3 Å². The lowest BCUT2D eigenvalue weighted by Gasteiger charge is -2.23. The zero-order valence-electron chi connectivity index (χ0n) is 10.4. The molecule has 4 nitrogen and oxygen atoms in total. The van der Waals surface area contributed by atoms with Crippen LogP contribution >= 0.6 is 12.4 Å². The van der Waals surface area contributed by atoms with Crippen molar-refractivity contribution in [3.63, 3.8) is 0 Å². The summed E-state index contributed by atoms with van der Waals surface area (Å²) in [6.45, 7) is 1.41. The number of nitrogens with zero attached hydrogens (tertiary/aromatic N) is 1. The van der Waals surface area contributed by atoms with Crippen LogP contribution in [0.2, 0.25) is 0 Å². The van der Waals surface area contributed by atoms with Crippen LogP contribution in [0, 0.1) is 17.5 Å². The van der Waals surface area contributed by atoms with E-state index in [9.17, 15) is 18.0 Å². The first kappa shape index (κ1) is 14.9. The van der Waals surface area contributed by atoms with Crippen LogP contribution in [-0.2, 0) is 0 Å². The molecule has 2 N–H and O–H groups in total. The van der Waals surface area contributed by atoms with Gasteiger partial charge in [-0.25, -0.2) is 18.0 Å². The average molecular weight is 308 g/mol. The van der Waals surface area contributed by atoms with E-state index in [4.69, 9.17) is 0 Å². The number of nitrogens with one attached hydrogen (secondary N) is 2. The Bertz CT molecular complexity index is 691. The second-order valence-corrected chi connectivity index (χ2v) is 4.66. The summed E-state index contributed by atoms with van der Waals surface area (Å²) in [6.07, 6.45) is 1.29. The number of fused-ring (bicyclic) bond motifs is 1. The molecular formula is C12H13ClF3N3O. The van der Waals surface area contributed by atoms with Crippen LogP contribution < -0.4 is 11.0 Å². The van der Waals surface area contributed by atoms with Crippen molar-refractivity contribution >= 4 is 23.4 Å². The van der Waals surface area contributed by atoms with Crippen molar-refractivity contribution in [1.29, 1.82) is 0 Å². The van der Waals surface area contributed by atoms with Crippen molar-refractivity contribution in [3.8, 4) is 0 Å². The molecule has 1 fully saturated rings. The summed E-state index contributed by atoms with van der Waals surface area (Å²) in [5.41, 5.74) is -0.735. The maximum Gasteiger partial charge on any atom is 0.326 e. The topological polar surface area (TPSA) is 49.8 Å². The Balaban J connectivity index is 0.00000147. The number of rotatable bonds is 1. The van der Waals surface area contributed by atoms with Gasteiger partial charge in [0.05, 0.1) is 5.52 Å². The fraction of sp³-hybridized carbons (Fsp3) is 0.417. The lowest BCUT2D eigenvalue weighted by Crippen LogP contribution is -2.33. The molecule has 0 bridgehead atoms. The van der Waals surface area contributed by atoms with Gasteiger partial charge in [0.15, 0.2) is 17.5 Å². The summed E-state index contributed by atoms with van der Waals surface area (Å²) >= 11 is 0. The van der Waals surface area contributed by atoms with Gasteiger partial charge in [-0.2, -0.15) is 0 Å². The molecule has 0 unspecified atom stereocenters. The number of aromatic amines is 1. The smallest absolute Gasteiger partial charge is 0.317 e. The molecule has 0 amide bonds. The summed E-state index contributed by atoms with van der Waals surface area (Å²) in [4.78, 5) is 14.3. The van der Waals surface area contributed by atoms with E-state index in [1.165, 1.54) is 4.57 Å². The number of piperidine rings is 1. The van der Waals surface area contributed by atoms with Crippen molar-refractivity contribution in [2.24, 2.45) is 0 Å². The highest BCUT2D eigenvalue weighted by Crippen LogP contribution is 2.26. The first-order valence-electron chi connectivity index (χ1n) is 6.08. The number of aromatic nitrogens is 2. The molecule has 1 aliphatic heterocycles. The van der Waals surface area contributed by atoms with Gasteiger partial charge in [-0.1, -0.05) is 0 Å². The van der Waals surface area contributed by atoms with Crippen molar-refractivity contribution in [3.05, 3.63) is 34.0 Å². The Labute approximate surface area is 118 Å². The van der Waals surface area contributed by atoms with Crippen molar-refractivity contribution in [1.82, 2.24) is 14.9 Å². The van der Waals surface area contributed by atoms with Gasteiger partial charge >= 0.3 is 5.69 Å². The zero-order valence-corrected chi connectivity index (χ0v) is 11.2. The molecular weight excluding hydrogens is 295 g/mol. The molecule has 1 aliphatic rings. The van der Waals surface area contributed by atoms with Gasteiger partial charge in [-0.3, -0.25) is 4.57 Å². The van der Waals surface area contributed by atoms with Crippen molar-refractivity contribution in [2.45, 2.75) is 18.9 Å². The van der Waals surface area contributed by atoms with Gasteiger partial charge in [0, 0.05) is 12.1 Å². The van der Waals surface area contributed by atoms with Gasteiger partial charge in [-0.15, -0.1) is 12.4 Å². The number of halogens is 4. The van der Waals surface area contributed by atoms with E-state index < -0.39 is 23.1 Å². The normalized spacial score (nSPS) is 16.4. The zero-order chi connectivity index (χ0) is 13.6. The minimum absolute atomic E-state index is 0. The third kappa shape index (κ3) is 2.20. The maximum atomic E-state index is 13.9. The van der Waals surface area contributed by atoms with E-state index >= 15 is 0 Å². The van der Waals surface area contributed by atoms with E-state index in [2.05, 4.69) is 10.3 Å². The second kappa shape index (κ2) is 5.49. The van der Waals surface area contributed by atoms with Crippen LogP contribution in [0.25, 0.3) is 11.0 Å². The fourth-order valence-corrected chi connectivity index (χ4v) is 2.61. The maximum absolute atomic E-state index is 13.9. The lowest BCUT2D eigenvalue weighted by atomic mass is 10.1. The van der Waals surface area contributed by atoms with E-state index in [0.29, 0.717) is 25.9 Å². The number of hydrogen-bond donors (Lipinski definition) is 2. The fourth-order valence-electron chi connectivity index (χ4n) is 2.61. The largest absolute Gasteiger partial charge is 0.326 e. The monoisotopic (exact) mass is 307 g/mol. The van der Waals surface area contributed by atoms with E-state index in [-0.39, 0.29) is 29.5 Å². The number of imidazole rings is 1. The first-order valence-corrected chi connectivity index (χ1v) is 6.08. The van der Waals surface area contributed by atoms with Crippen LogP contribution in [0.5, 0.6) is 0 Å². The summed E-state index contributed by atoms with van der Waals surface area (Å²) in [5.74, 6) is -4.16. The van der Waals surface area contributed by atoms with Crippen LogP contribution in [0.4, 0.5) is 13.2 Å². The molecule has 0 saturated carbocycles. The van der Waals surface area contributed by atoms with Crippen LogP contribution in [-0.4, -0.2) is 22.6 Å². The van der Waals surface area contributed by atoms with Gasteiger partial charge in [0.1, 0.15) is 5.52 Å². The van der Waals surface area contributed by atoms with E-state index in [0.717, 1.165) is 6.07 Å². The third-order valence-electron chi connectivity index (χ3n) is 3.51. The number of hydrogen-bond acceptors (Lipinski definition) is 2. The summed E-state index contributed by atoms with van der Waals surface area (Å²) < 4.78 is 41.5. The molecule has 110 valence electrons. The van der Waals surface area contributed by atoms with Crippen molar-refractivity contribution < 1.29 is 13.2 Å². The molecule has 1 aromatic carbocycles. The molecule has 3 rings (SSSR count). The minimum Gasteiger partial charge on any atom is -0.317 e. The van der Waals surface area contributed by atoms with Gasteiger partial charge in [-0.05, 0) is 25.9 Å². The van der Waals surface area contributed by atoms with Gasteiger partial charge in [0.2, 0.25) is 0 Å². The van der Waals surface area contributed by atoms with Crippen LogP contribution in [0.15, 0.2) is 10.9 Å². The number of benzene rings is 1. The standard InChI is InChI=1S/C12H12F3N3O.ClH/c13-7-5-8-11(10(15)9(7)14)18(12(19)17-8)6-1-3-16-4-2-6;/h5-6,16H,1-4H2,(H,17,19);1H. The Kier molecular flexibility index (Phi) is 4.10. The second-order valence-electron chi connectivity index (χ2n) is 4.66. The molecule has 1 saturated heterocycles. The predicted molar refractivity (Wildman–Crippen MR) is 70.8 cm³/mol. The summed E-state index contributed by atoms with van der Waals surface area (Å²) in [7, 11) is 0. The Morgan fingerprint density at radius 2 is 1.80 bits per heavy atom. The quantitative estimate of drug-likeness (QED) is 0.793. The molecule has 2 heterocycles. The van der Waals surface area contributed by atoms with Gasteiger partial charge in [0.25, 0.3) is 0 Å². The Morgan fingerprint density at radius 1 is 1.15 bits per heavy atom. The molecule has 0 spiro atoms. The molecule has 0 atom stereocenters. The first-order chi connectivity index (χ1) is 9.09. The molecule has 20 heavy (non-hydrogen) atoms. The summed E-state index contributed by atoms with van der Waals surface area (Å²) in [5, 5.41) is 3.13. The highest BCUT2D eigenvalue weighted by atomic mass is 35.5. The van der Waals surface area contributed by atoms with Crippen molar-refractivity contribution in [2.75, 3.05) is 13.1 Å². The third-order valence-corrected chi connectivity index (χ3v) is 3.51. The molecule has 2 aromatic rings. The lowest BCUT2D eigenvalue weighted by molar-refractivity contribution is 0.364. The minimum atomic E-state index is -1.55. The van der Waals surface area contributed by atoms with E-state index in [1.807, 2.05) is 0 Å². The van der Waals surface area contributed by atoms with E-state index in [1.54, 1.807) is 0 Å². The SMILES string of the molecule is Cl.O=c1[nH]c2cc(F)c(F)c(F)c2n1C1CCNCC1. The number of H-pyrrole nitrogens is 1. The van der Waals surface area contributed by atoms with Crippen LogP contribution in [0.1, 0.15) is 18.9 Å². The van der Waals surface area contributed by atoms with Crippen LogP contribution in [0.3, 0.4) is 0 Å². The average Bonchev–Trinajstić information content (AvgIpc) is 2.73.